The van der Waals surface area contributed by atoms with Crippen molar-refractivity contribution in [2.45, 2.75) is 69.7 Å². The van der Waals surface area contributed by atoms with Gasteiger partial charge in [0.1, 0.15) is 17.1 Å². The van der Waals surface area contributed by atoms with Crippen molar-refractivity contribution in [3.05, 3.63) is 69.6 Å². The second-order valence-corrected chi connectivity index (χ2v) is 11.2. The van der Waals surface area contributed by atoms with E-state index in [0.717, 1.165) is 75.8 Å². The Morgan fingerprint density at radius 1 is 1.22 bits per heavy atom. The van der Waals surface area contributed by atoms with Gasteiger partial charge in [0, 0.05) is 22.4 Å². The van der Waals surface area contributed by atoms with Crippen LogP contribution < -0.4 is 0 Å². The molecule has 0 bridgehead atoms. The van der Waals surface area contributed by atoms with Gasteiger partial charge in [0.05, 0.1) is 28.0 Å². The Balaban J connectivity index is 1.18. The van der Waals surface area contributed by atoms with Crippen molar-refractivity contribution in [2.75, 3.05) is 0 Å². The van der Waals surface area contributed by atoms with Crippen LogP contribution in [0, 0.1) is 6.92 Å². The highest BCUT2D eigenvalue weighted by Crippen LogP contribution is 2.46. The number of aryl methyl sites for hydroxylation is 1. The fourth-order valence-electron chi connectivity index (χ4n) is 5.31. The number of aldehydes is 1. The molecule has 1 N–H and O–H groups in total. The van der Waals surface area contributed by atoms with Crippen molar-refractivity contribution in [2.24, 2.45) is 0 Å². The van der Waals surface area contributed by atoms with Crippen LogP contribution in [0.3, 0.4) is 0 Å². The van der Waals surface area contributed by atoms with Crippen LogP contribution in [0.2, 0.25) is 5.02 Å². The van der Waals surface area contributed by atoms with Gasteiger partial charge >= 0.3 is 0 Å². The molecule has 2 aromatic heterocycles. The van der Waals surface area contributed by atoms with Gasteiger partial charge in [0.25, 0.3) is 0 Å². The van der Waals surface area contributed by atoms with Gasteiger partial charge in [-0.25, -0.2) is 0 Å². The monoisotopic (exact) mass is 522 g/mol. The second kappa shape index (κ2) is 9.38. The average molecular weight is 523 g/mol. The number of hydrogen-bond acceptors (Lipinski definition) is 7. The average Bonchev–Trinajstić information content (AvgIpc) is 3.51. The molecule has 2 aromatic carbocycles. The molecule has 0 unspecified atom stereocenters. The van der Waals surface area contributed by atoms with Crippen LogP contribution in [-0.4, -0.2) is 27.0 Å². The first-order chi connectivity index (χ1) is 17.5. The summed E-state index contributed by atoms with van der Waals surface area (Å²) in [7, 11) is 0. The molecule has 2 fully saturated rings. The lowest BCUT2D eigenvalue weighted by Crippen LogP contribution is -2.34. The predicted molar refractivity (Wildman–Crippen MR) is 140 cm³/mol. The molecule has 2 heterocycles. The molecule has 0 saturated heterocycles. The molecule has 8 heteroatoms. The first kappa shape index (κ1) is 23.8. The minimum Gasteiger partial charge on any atom is -0.385 e. The molecule has 6 rings (SSSR count). The minimum absolute atomic E-state index is 0.0319. The van der Waals surface area contributed by atoms with E-state index in [-0.39, 0.29) is 6.10 Å². The van der Waals surface area contributed by atoms with E-state index in [1.807, 2.05) is 43.3 Å². The Labute approximate surface area is 218 Å². The van der Waals surface area contributed by atoms with E-state index in [1.165, 1.54) is 11.5 Å². The van der Waals surface area contributed by atoms with Crippen molar-refractivity contribution in [1.82, 2.24) is 9.53 Å². The van der Waals surface area contributed by atoms with E-state index in [2.05, 4.69) is 9.53 Å². The zero-order valence-corrected chi connectivity index (χ0v) is 21.6. The molecule has 36 heavy (non-hydrogen) atoms. The fraction of sp³-hybridized carbons (Fsp3) is 0.393. The van der Waals surface area contributed by atoms with Crippen molar-refractivity contribution >= 4 is 39.5 Å². The Bertz CT molecular complexity index is 1410. The third-order valence-electron chi connectivity index (χ3n) is 7.60. The Hall–Kier alpha value is -2.58. The van der Waals surface area contributed by atoms with Crippen LogP contribution in [0.5, 0.6) is 0 Å². The molecule has 0 spiro atoms. The van der Waals surface area contributed by atoms with Crippen LogP contribution in [-0.2, 0) is 16.9 Å². The van der Waals surface area contributed by atoms with Gasteiger partial charge in [-0.2, -0.15) is 4.37 Å². The number of rotatable bonds is 7. The number of carbonyl (C=O) groups is 1. The van der Waals surface area contributed by atoms with E-state index < -0.39 is 5.60 Å². The van der Waals surface area contributed by atoms with Crippen molar-refractivity contribution in [3.63, 3.8) is 0 Å². The SMILES string of the molecule is Cc1cccc(Cl)c1-c1noc(C2CC2)c1COC1CCC(O)(c2ccc3snc(C=O)c3c2)CC1. The molecule has 0 radical (unpaired) electrons. The maximum Gasteiger partial charge on any atom is 0.170 e. The highest BCUT2D eigenvalue weighted by Gasteiger charge is 2.37. The number of ether oxygens (including phenoxy) is 1. The van der Waals surface area contributed by atoms with Gasteiger partial charge in [0.15, 0.2) is 6.29 Å². The molecule has 0 aliphatic heterocycles. The summed E-state index contributed by atoms with van der Waals surface area (Å²) in [5.74, 6) is 1.32. The highest BCUT2D eigenvalue weighted by molar-refractivity contribution is 7.13. The Kier molecular flexibility index (Phi) is 6.20. The van der Waals surface area contributed by atoms with Gasteiger partial charge in [-0.3, -0.25) is 4.79 Å². The maximum absolute atomic E-state index is 11.5. The molecule has 6 nitrogen and oxygen atoms in total. The van der Waals surface area contributed by atoms with Crippen LogP contribution in [0.25, 0.3) is 21.3 Å². The first-order valence-corrected chi connectivity index (χ1v) is 13.5. The number of fused-ring (bicyclic) bond motifs is 1. The topological polar surface area (TPSA) is 85.5 Å². The molecule has 2 aliphatic carbocycles. The van der Waals surface area contributed by atoms with Crippen molar-refractivity contribution in [3.8, 4) is 11.3 Å². The molecule has 4 aromatic rings. The van der Waals surface area contributed by atoms with Gasteiger partial charge < -0.3 is 14.4 Å². The molecule has 2 aliphatic rings. The van der Waals surface area contributed by atoms with Crippen molar-refractivity contribution in [1.29, 1.82) is 0 Å². The van der Waals surface area contributed by atoms with E-state index >= 15 is 0 Å². The molecular formula is C28H27ClN2O4S. The van der Waals surface area contributed by atoms with Gasteiger partial charge in [-0.15, -0.1) is 0 Å². The summed E-state index contributed by atoms with van der Waals surface area (Å²) in [6.45, 7) is 2.44. The fourth-order valence-corrected chi connectivity index (χ4v) is 6.35. The summed E-state index contributed by atoms with van der Waals surface area (Å²) in [5.41, 5.74) is 4.05. The summed E-state index contributed by atoms with van der Waals surface area (Å²) >= 11 is 7.86. The lowest BCUT2D eigenvalue weighted by Gasteiger charge is -2.36. The second-order valence-electron chi connectivity index (χ2n) is 10.0. The van der Waals surface area contributed by atoms with Crippen molar-refractivity contribution < 1.29 is 19.2 Å². The predicted octanol–water partition coefficient (Wildman–Crippen LogP) is 6.95. The van der Waals surface area contributed by atoms with Crippen LogP contribution in [0.4, 0.5) is 0 Å². The number of carbonyl (C=O) groups excluding carboxylic acids is 1. The van der Waals surface area contributed by atoms with Crippen LogP contribution in [0.1, 0.15) is 77.4 Å². The smallest absolute Gasteiger partial charge is 0.170 e. The molecular weight excluding hydrogens is 496 g/mol. The van der Waals surface area contributed by atoms with Gasteiger partial charge in [-0.1, -0.05) is 35.0 Å². The van der Waals surface area contributed by atoms with Gasteiger partial charge in [0.2, 0.25) is 0 Å². The number of aliphatic hydroxyl groups is 1. The van der Waals surface area contributed by atoms with E-state index in [0.29, 0.717) is 36.1 Å². The molecule has 186 valence electrons. The number of benzene rings is 2. The minimum atomic E-state index is -0.938. The largest absolute Gasteiger partial charge is 0.385 e. The van der Waals surface area contributed by atoms with E-state index in [1.54, 1.807) is 0 Å². The highest BCUT2D eigenvalue weighted by atomic mass is 35.5. The zero-order valence-electron chi connectivity index (χ0n) is 20.0. The summed E-state index contributed by atoms with van der Waals surface area (Å²) in [4.78, 5) is 11.3. The zero-order chi connectivity index (χ0) is 24.9. The third-order valence-corrected chi connectivity index (χ3v) is 8.75. The van der Waals surface area contributed by atoms with Gasteiger partial charge in [-0.05, 0) is 86.3 Å². The molecule has 0 atom stereocenters. The molecule has 0 amide bonds. The number of aromatic nitrogens is 2. The van der Waals surface area contributed by atoms with Crippen LogP contribution >= 0.6 is 23.1 Å². The Morgan fingerprint density at radius 3 is 2.75 bits per heavy atom. The first-order valence-electron chi connectivity index (χ1n) is 12.4. The quantitative estimate of drug-likeness (QED) is 0.264. The standard InChI is InChI=1S/C28H27ClN2O4S/c1-16-3-2-4-22(29)25(16)26-21(27(35-30-26)17-5-6-17)15-34-19-9-11-28(33,12-10-19)18-7-8-24-20(13-18)23(14-32)31-36-24/h2-4,7-8,13-14,17,19,33H,5-6,9-12,15H2,1H3. The summed E-state index contributed by atoms with van der Waals surface area (Å²) in [5, 5.41) is 17.3. The van der Waals surface area contributed by atoms with Crippen LogP contribution in [0.15, 0.2) is 40.9 Å². The number of halogens is 1. The Morgan fingerprint density at radius 2 is 2.03 bits per heavy atom. The van der Waals surface area contributed by atoms with E-state index in [9.17, 15) is 9.90 Å². The lowest BCUT2D eigenvalue weighted by molar-refractivity contribution is -0.0640. The number of nitrogens with zero attached hydrogens (tertiary/aromatic N) is 2. The maximum atomic E-state index is 11.5. The van der Waals surface area contributed by atoms with E-state index in [4.69, 9.17) is 20.9 Å². The molecule has 2 saturated carbocycles. The summed E-state index contributed by atoms with van der Waals surface area (Å²) in [6.07, 6.45) is 5.67. The summed E-state index contributed by atoms with van der Waals surface area (Å²) < 4.78 is 17.4. The third kappa shape index (κ3) is 4.28. The summed E-state index contributed by atoms with van der Waals surface area (Å²) in [6, 6.07) is 11.7. The lowest BCUT2D eigenvalue weighted by atomic mass is 9.78. The normalized spacial score (nSPS) is 22.2. The number of hydrogen-bond donors (Lipinski definition) is 1.